The third-order valence-electron chi connectivity index (χ3n) is 7.39. The smallest absolute Gasteiger partial charge is 0.252 e. The van der Waals surface area contributed by atoms with Crippen molar-refractivity contribution in [2.45, 2.75) is 52.7 Å². The molecule has 2 heterocycles. The summed E-state index contributed by atoms with van der Waals surface area (Å²) >= 11 is 6.50. The van der Waals surface area contributed by atoms with Gasteiger partial charge in [-0.15, -0.1) is 0 Å². The Morgan fingerprint density at radius 1 is 1.10 bits per heavy atom. The molecule has 3 atom stereocenters. The molecule has 0 spiro atoms. The van der Waals surface area contributed by atoms with Gasteiger partial charge in [0, 0.05) is 17.6 Å². The maximum absolute atomic E-state index is 14.4. The molecule has 1 aromatic heterocycles. The van der Waals surface area contributed by atoms with Gasteiger partial charge in [-0.3, -0.25) is 14.4 Å². The Hall–Kier alpha value is -3.50. The second-order valence-electron chi connectivity index (χ2n) is 10.3. The number of amides is 3. The molecule has 11 heteroatoms. The Labute approximate surface area is 239 Å². The molecule has 1 aliphatic rings. The van der Waals surface area contributed by atoms with Crippen molar-refractivity contribution in [3.05, 3.63) is 64.8 Å². The zero-order chi connectivity index (χ0) is 29.4. The molecule has 0 bridgehead atoms. The fourth-order valence-electron chi connectivity index (χ4n) is 4.94. The molecule has 0 aliphatic carbocycles. The van der Waals surface area contributed by atoms with E-state index in [1.807, 2.05) is 38.1 Å². The number of fused-ring (bicyclic) bond motifs is 2. The van der Waals surface area contributed by atoms with Crippen LogP contribution in [0.1, 0.15) is 38.3 Å². The highest BCUT2D eigenvalue weighted by atomic mass is 35.5. The first-order valence-corrected chi connectivity index (χ1v) is 15.5. The average molecular weight is 585 g/mol. The molecule has 212 valence electrons. The molecule has 9 nitrogen and oxygen atoms in total. The van der Waals surface area contributed by atoms with Crippen LogP contribution in [0.3, 0.4) is 0 Å². The molecular formula is C29H33ClN4O5S. The summed E-state index contributed by atoms with van der Waals surface area (Å²) in [6.45, 7) is 7.19. The number of pyridine rings is 1. The number of benzene rings is 2. The first-order chi connectivity index (χ1) is 18.8. The number of para-hydroxylation sites is 3. The Morgan fingerprint density at radius 2 is 1.73 bits per heavy atom. The van der Waals surface area contributed by atoms with Crippen LogP contribution in [-0.2, 0) is 30.8 Å². The molecule has 40 heavy (non-hydrogen) atoms. The molecule has 0 saturated heterocycles. The predicted octanol–water partition coefficient (Wildman–Crippen LogP) is 4.04. The Bertz CT molecular complexity index is 1590. The maximum Gasteiger partial charge on any atom is 0.252 e. The van der Waals surface area contributed by atoms with E-state index >= 15 is 0 Å². The minimum Gasteiger partial charge on any atom is -0.342 e. The van der Waals surface area contributed by atoms with Crippen LogP contribution in [0, 0.1) is 12.8 Å². The van der Waals surface area contributed by atoms with Gasteiger partial charge >= 0.3 is 0 Å². The van der Waals surface area contributed by atoms with E-state index in [9.17, 15) is 22.8 Å². The third-order valence-corrected chi connectivity index (χ3v) is 8.53. The zero-order valence-corrected chi connectivity index (χ0v) is 24.7. The Balaban J connectivity index is 1.92. The van der Waals surface area contributed by atoms with E-state index in [4.69, 9.17) is 11.6 Å². The van der Waals surface area contributed by atoms with Crippen LogP contribution in [0.15, 0.2) is 48.5 Å². The van der Waals surface area contributed by atoms with Gasteiger partial charge in [0.2, 0.25) is 11.8 Å². The second kappa shape index (κ2) is 11.5. The van der Waals surface area contributed by atoms with Crippen LogP contribution < -0.4 is 15.1 Å². The molecule has 0 saturated carbocycles. The van der Waals surface area contributed by atoms with Crippen molar-refractivity contribution in [2.75, 3.05) is 21.8 Å². The van der Waals surface area contributed by atoms with E-state index in [1.165, 1.54) is 9.80 Å². The van der Waals surface area contributed by atoms with Crippen molar-refractivity contribution >= 4 is 61.4 Å². The fourth-order valence-corrected chi connectivity index (χ4v) is 5.74. The van der Waals surface area contributed by atoms with Crippen molar-refractivity contribution in [1.82, 2.24) is 10.3 Å². The summed E-state index contributed by atoms with van der Waals surface area (Å²) in [4.78, 5) is 48.2. The van der Waals surface area contributed by atoms with Gasteiger partial charge in [0.25, 0.3) is 5.91 Å². The van der Waals surface area contributed by atoms with Gasteiger partial charge in [-0.25, -0.2) is 13.4 Å². The molecular weight excluding hydrogens is 552 g/mol. The highest BCUT2D eigenvalue weighted by molar-refractivity contribution is 7.91. The number of rotatable bonds is 7. The molecule has 4 rings (SSSR count). The van der Waals surface area contributed by atoms with Crippen molar-refractivity contribution in [1.29, 1.82) is 0 Å². The van der Waals surface area contributed by atoms with Gasteiger partial charge < -0.3 is 15.1 Å². The molecule has 0 fully saturated rings. The average Bonchev–Trinajstić information content (AvgIpc) is 2.98. The standard InChI is InChI=1S/C29H33ClN4O5S/c1-6-17(2)28(36)32-26-19(4)34(25(35)16-40(5,38)39)24-14-10-9-13-23(24)33(29(26)37)15-21-18(3)27(30)31-22-12-8-7-11-20(21)22/h7-14,17,19,26H,6,15-16H2,1-5H3,(H,32,36)/t17-,19+,26+/m1/s1. The second-order valence-corrected chi connectivity index (χ2v) is 12.8. The lowest BCUT2D eigenvalue weighted by molar-refractivity contribution is -0.130. The van der Waals surface area contributed by atoms with Gasteiger partial charge in [-0.2, -0.15) is 0 Å². The summed E-state index contributed by atoms with van der Waals surface area (Å²) in [7, 11) is -3.68. The summed E-state index contributed by atoms with van der Waals surface area (Å²) in [6.07, 6.45) is 1.54. The van der Waals surface area contributed by atoms with E-state index in [0.717, 1.165) is 17.2 Å². The van der Waals surface area contributed by atoms with Crippen molar-refractivity contribution < 1.29 is 22.8 Å². The number of nitrogens with zero attached hydrogens (tertiary/aromatic N) is 3. The monoisotopic (exact) mass is 584 g/mol. The van der Waals surface area contributed by atoms with Crippen LogP contribution in [0.2, 0.25) is 5.15 Å². The van der Waals surface area contributed by atoms with Crippen molar-refractivity contribution in [2.24, 2.45) is 5.92 Å². The SMILES string of the molecule is CC[C@@H](C)C(=O)N[C@@H]1C(=O)N(Cc2c(C)c(Cl)nc3ccccc23)c2ccccc2N(C(=O)CS(C)(=O)=O)[C@H]1C. The van der Waals surface area contributed by atoms with Gasteiger partial charge in [0.05, 0.1) is 29.5 Å². The van der Waals surface area contributed by atoms with Gasteiger partial charge in [0.1, 0.15) is 16.9 Å². The summed E-state index contributed by atoms with van der Waals surface area (Å²) < 4.78 is 24.3. The van der Waals surface area contributed by atoms with Gasteiger partial charge in [-0.05, 0) is 49.6 Å². The number of nitrogens with one attached hydrogen (secondary N) is 1. The zero-order valence-electron chi connectivity index (χ0n) is 23.1. The van der Waals surface area contributed by atoms with E-state index in [-0.39, 0.29) is 18.4 Å². The fraction of sp³-hybridized carbons (Fsp3) is 0.379. The number of hydrogen-bond acceptors (Lipinski definition) is 6. The maximum atomic E-state index is 14.4. The topological polar surface area (TPSA) is 117 Å². The van der Waals surface area contributed by atoms with E-state index < -0.39 is 39.5 Å². The Kier molecular flexibility index (Phi) is 8.51. The van der Waals surface area contributed by atoms with Crippen LogP contribution >= 0.6 is 11.6 Å². The van der Waals surface area contributed by atoms with Crippen LogP contribution in [0.5, 0.6) is 0 Å². The molecule has 1 aliphatic heterocycles. The minimum atomic E-state index is -3.68. The number of aromatic nitrogens is 1. The third kappa shape index (κ3) is 5.83. The summed E-state index contributed by atoms with van der Waals surface area (Å²) in [5.41, 5.74) is 2.93. The molecule has 2 aromatic carbocycles. The summed E-state index contributed by atoms with van der Waals surface area (Å²) in [6, 6.07) is 12.3. The number of sulfone groups is 1. The van der Waals surface area contributed by atoms with E-state index in [1.54, 1.807) is 38.1 Å². The molecule has 0 radical (unpaired) electrons. The van der Waals surface area contributed by atoms with Gasteiger partial charge in [0.15, 0.2) is 9.84 Å². The lowest BCUT2D eigenvalue weighted by atomic mass is 10.0. The normalized spacial score (nSPS) is 18.3. The van der Waals surface area contributed by atoms with Gasteiger partial charge in [-0.1, -0.05) is 55.8 Å². The van der Waals surface area contributed by atoms with Crippen LogP contribution in [0.4, 0.5) is 11.4 Å². The lowest BCUT2D eigenvalue weighted by Gasteiger charge is -2.32. The molecule has 1 N–H and O–H groups in total. The number of hydrogen-bond donors (Lipinski definition) is 1. The molecule has 3 amide bonds. The van der Waals surface area contributed by atoms with Crippen molar-refractivity contribution in [3.63, 3.8) is 0 Å². The van der Waals surface area contributed by atoms with Crippen LogP contribution in [0.25, 0.3) is 10.9 Å². The predicted molar refractivity (Wildman–Crippen MR) is 157 cm³/mol. The summed E-state index contributed by atoms with van der Waals surface area (Å²) in [5.74, 6) is -2.56. The minimum absolute atomic E-state index is 0.0843. The first-order valence-electron chi connectivity index (χ1n) is 13.1. The lowest BCUT2D eigenvalue weighted by Crippen LogP contribution is -2.59. The van der Waals surface area contributed by atoms with E-state index in [0.29, 0.717) is 34.0 Å². The number of carbonyl (C=O) groups is 3. The highest BCUT2D eigenvalue weighted by Gasteiger charge is 2.43. The molecule has 3 aromatic rings. The number of carbonyl (C=O) groups excluding carboxylic acids is 3. The Morgan fingerprint density at radius 3 is 2.38 bits per heavy atom. The number of anilines is 2. The van der Waals surface area contributed by atoms with E-state index in [2.05, 4.69) is 10.3 Å². The van der Waals surface area contributed by atoms with Crippen LogP contribution in [-0.4, -0.2) is 55.2 Å². The van der Waals surface area contributed by atoms with Crippen molar-refractivity contribution in [3.8, 4) is 0 Å². The first kappa shape index (κ1) is 29.5. The summed E-state index contributed by atoms with van der Waals surface area (Å²) in [5, 5.41) is 3.98. The quantitative estimate of drug-likeness (QED) is 0.419. The number of halogens is 1. The largest absolute Gasteiger partial charge is 0.342 e. The highest BCUT2D eigenvalue weighted by Crippen LogP contribution is 2.38. The molecule has 0 unspecified atom stereocenters.